The zero-order valence-electron chi connectivity index (χ0n) is 13.4. The number of carbonyl (C=O) groups is 1. The zero-order valence-corrected chi connectivity index (χ0v) is 13.4. The maximum absolute atomic E-state index is 12.7. The molecule has 2 aromatic heterocycles. The van der Waals surface area contributed by atoms with Crippen LogP contribution in [-0.4, -0.2) is 43.6 Å². The second kappa shape index (κ2) is 5.94. The molecule has 3 rings (SSSR count). The number of piperidine rings is 1. The van der Waals surface area contributed by atoms with Crippen molar-refractivity contribution in [3.63, 3.8) is 0 Å². The first-order valence-electron chi connectivity index (χ1n) is 7.90. The molecule has 0 saturated carbocycles. The summed E-state index contributed by atoms with van der Waals surface area (Å²) in [6.45, 7) is 7.73. The molecule has 1 saturated heterocycles. The van der Waals surface area contributed by atoms with E-state index >= 15 is 0 Å². The number of amides is 1. The number of aryl methyl sites for hydroxylation is 1. The van der Waals surface area contributed by atoms with E-state index in [-0.39, 0.29) is 5.91 Å². The van der Waals surface area contributed by atoms with E-state index in [0.29, 0.717) is 17.5 Å². The molecule has 0 spiro atoms. The molecule has 22 heavy (non-hydrogen) atoms. The Morgan fingerprint density at radius 2 is 2.27 bits per heavy atom. The van der Waals surface area contributed by atoms with Crippen molar-refractivity contribution in [1.82, 2.24) is 24.6 Å². The number of imidazole rings is 1. The first kappa shape index (κ1) is 14.8. The minimum atomic E-state index is 0.0714. The van der Waals surface area contributed by atoms with Crippen LogP contribution in [-0.2, 0) is 0 Å². The fourth-order valence-electron chi connectivity index (χ4n) is 3.18. The standard InChI is InChI=1S/C16H23N5O/c1-11(2)15-17-6-8-21(15)13-5-4-7-20(10-13)16(22)14-9-18-19-12(14)3/h6,8-9,11,13H,4-5,7,10H2,1-3H3,(H,18,19). The van der Waals surface area contributed by atoms with Crippen molar-refractivity contribution in [3.05, 3.63) is 35.7 Å². The predicted molar refractivity (Wildman–Crippen MR) is 83.8 cm³/mol. The summed E-state index contributed by atoms with van der Waals surface area (Å²) in [5, 5.41) is 6.79. The van der Waals surface area contributed by atoms with Crippen LogP contribution in [0.3, 0.4) is 0 Å². The van der Waals surface area contributed by atoms with Crippen LogP contribution in [0.5, 0.6) is 0 Å². The molecule has 1 unspecified atom stereocenters. The number of nitrogens with one attached hydrogen (secondary N) is 1. The quantitative estimate of drug-likeness (QED) is 0.947. The molecule has 0 aliphatic carbocycles. The summed E-state index contributed by atoms with van der Waals surface area (Å²) in [6.07, 6.45) is 7.62. The van der Waals surface area contributed by atoms with Gasteiger partial charge in [0.05, 0.1) is 17.8 Å². The Hall–Kier alpha value is -2.11. The van der Waals surface area contributed by atoms with Crippen LogP contribution in [0, 0.1) is 6.92 Å². The molecule has 3 heterocycles. The van der Waals surface area contributed by atoms with E-state index in [2.05, 4.69) is 33.6 Å². The van der Waals surface area contributed by atoms with E-state index in [1.54, 1.807) is 6.20 Å². The van der Waals surface area contributed by atoms with Crippen molar-refractivity contribution in [2.75, 3.05) is 13.1 Å². The summed E-state index contributed by atoms with van der Waals surface area (Å²) >= 11 is 0. The van der Waals surface area contributed by atoms with E-state index in [1.165, 1.54) is 0 Å². The topological polar surface area (TPSA) is 66.8 Å². The minimum Gasteiger partial charge on any atom is -0.336 e. The van der Waals surface area contributed by atoms with Crippen molar-refractivity contribution >= 4 is 5.91 Å². The zero-order chi connectivity index (χ0) is 15.7. The summed E-state index contributed by atoms with van der Waals surface area (Å²) in [4.78, 5) is 19.1. The van der Waals surface area contributed by atoms with Gasteiger partial charge in [0, 0.05) is 37.1 Å². The van der Waals surface area contributed by atoms with Crippen LogP contribution in [0.15, 0.2) is 18.6 Å². The van der Waals surface area contributed by atoms with Crippen LogP contribution in [0.25, 0.3) is 0 Å². The summed E-state index contributed by atoms with van der Waals surface area (Å²) < 4.78 is 2.24. The lowest BCUT2D eigenvalue weighted by molar-refractivity contribution is 0.0677. The first-order chi connectivity index (χ1) is 10.6. The highest BCUT2D eigenvalue weighted by atomic mass is 16.2. The second-order valence-corrected chi connectivity index (χ2v) is 6.30. The van der Waals surface area contributed by atoms with Gasteiger partial charge in [-0.2, -0.15) is 5.10 Å². The number of aromatic amines is 1. The Bertz CT molecular complexity index is 657. The van der Waals surface area contributed by atoms with Crippen molar-refractivity contribution in [1.29, 1.82) is 0 Å². The smallest absolute Gasteiger partial charge is 0.257 e. The number of carbonyl (C=O) groups excluding carboxylic acids is 1. The molecule has 0 radical (unpaired) electrons. The van der Waals surface area contributed by atoms with Gasteiger partial charge in [0.15, 0.2) is 0 Å². The molecule has 1 N–H and O–H groups in total. The summed E-state index contributed by atoms with van der Waals surface area (Å²) in [7, 11) is 0. The molecule has 1 aliphatic rings. The molecular formula is C16H23N5O. The van der Waals surface area contributed by atoms with Gasteiger partial charge in [-0.15, -0.1) is 0 Å². The van der Waals surface area contributed by atoms with E-state index in [0.717, 1.165) is 37.4 Å². The Kier molecular flexibility index (Phi) is 4.00. The molecule has 1 aliphatic heterocycles. The highest BCUT2D eigenvalue weighted by Gasteiger charge is 2.28. The molecule has 1 fully saturated rings. The molecule has 0 aromatic carbocycles. The fraction of sp³-hybridized carbons (Fsp3) is 0.562. The first-order valence-corrected chi connectivity index (χ1v) is 7.90. The number of nitrogens with zero attached hydrogens (tertiary/aromatic N) is 4. The van der Waals surface area contributed by atoms with Gasteiger partial charge in [-0.25, -0.2) is 4.98 Å². The Morgan fingerprint density at radius 1 is 1.45 bits per heavy atom. The number of rotatable bonds is 3. The monoisotopic (exact) mass is 301 g/mol. The molecule has 2 aromatic rings. The lowest BCUT2D eigenvalue weighted by atomic mass is 10.0. The summed E-state index contributed by atoms with van der Waals surface area (Å²) in [6, 6.07) is 0.310. The molecule has 1 amide bonds. The van der Waals surface area contributed by atoms with E-state index in [1.807, 2.05) is 24.2 Å². The Morgan fingerprint density at radius 3 is 2.95 bits per heavy atom. The van der Waals surface area contributed by atoms with Gasteiger partial charge >= 0.3 is 0 Å². The molecular weight excluding hydrogens is 278 g/mol. The number of likely N-dealkylation sites (tertiary alicyclic amines) is 1. The van der Waals surface area contributed by atoms with Gasteiger partial charge in [0.2, 0.25) is 0 Å². The largest absolute Gasteiger partial charge is 0.336 e. The average Bonchev–Trinajstić information content (AvgIpc) is 3.15. The van der Waals surface area contributed by atoms with Crippen LogP contribution in [0.1, 0.15) is 60.5 Å². The Labute approximate surface area is 130 Å². The van der Waals surface area contributed by atoms with E-state index in [9.17, 15) is 4.79 Å². The van der Waals surface area contributed by atoms with Crippen LogP contribution in [0.4, 0.5) is 0 Å². The van der Waals surface area contributed by atoms with Crippen LogP contribution in [0.2, 0.25) is 0 Å². The van der Waals surface area contributed by atoms with Crippen molar-refractivity contribution in [2.24, 2.45) is 0 Å². The third-order valence-electron chi connectivity index (χ3n) is 4.35. The average molecular weight is 301 g/mol. The number of aromatic nitrogens is 4. The third kappa shape index (κ3) is 2.65. The van der Waals surface area contributed by atoms with Gasteiger partial charge in [0.1, 0.15) is 5.82 Å². The van der Waals surface area contributed by atoms with Crippen molar-refractivity contribution in [3.8, 4) is 0 Å². The highest BCUT2D eigenvalue weighted by molar-refractivity contribution is 5.95. The van der Waals surface area contributed by atoms with Gasteiger partial charge in [-0.3, -0.25) is 9.89 Å². The molecule has 0 bridgehead atoms. The maximum atomic E-state index is 12.7. The Balaban J connectivity index is 1.78. The molecule has 1 atom stereocenters. The van der Waals surface area contributed by atoms with Gasteiger partial charge in [-0.1, -0.05) is 13.8 Å². The minimum absolute atomic E-state index is 0.0714. The van der Waals surface area contributed by atoms with E-state index < -0.39 is 0 Å². The normalized spacial score (nSPS) is 18.9. The summed E-state index contributed by atoms with van der Waals surface area (Å²) in [5.41, 5.74) is 1.51. The van der Waals surface area contributed by atoms with Gasteiger partial charge < -0.3 is 9.47 Å². The van der Waals surface area contributed by atoms with Crippen LogP contribution < -0.4 is 0 Å². The fourth-order valence-corrected chi connectivity index (χ4v) is 3.18. The number of hydrogen-bond acceptors (Lipinski definition) is 3. The third-order valence-corrected chi connectivity index (χ3v) is 4.35. The van der Waals surface area contributed by atoms with Gasteiger partial charge in [-0.05, 0) is 19.8 Å². The SMILES string of the molecule is Cc1[nH]ncc1C(=O)N1CCCC(n2ccnc2C(C)C)C1. The molecule has 118 valence electrons. The molecule has 6 nitrogen and oxygen atoms in total. The second-order valence-electron chi connectivity index (χ2n) is 6.30. The number of hydrogen-bond donors (Lipinski definition) is 1. The maximum Gasteiger partial charge on any atom is 0.257 e. The van der Waals surface area contributed by atoms with Crippen LogP contribution >= 0.6 is 0 Å². The lowest BCUT2D eigenvalue weighted by Gasteiger charge is -2.34. The van der Waals surface area contributed by atoms with Crippen molar-refractivity contribution in [2.45, 2.75) is 45.6 Å². The highest BCUT2D eigenvalue weighted by Crippen LogP contribution is 2.26. The number of H-pyrrole nitrogens is 1. The lowest BCUT2D eigenvalue weighted by Crippen LogP contribution is -2.41. The van der Waals surface area contributed by atoms with E-state index in [4.69, 9.17) is 0 Å². The van der Waals surface area contributed by atoms with Gasteiger partial charge in [0.25, 0.3) is 5.91 Å². The molecule has 6 heteroatoms. The van der Waals surface area contributed by atoms with Crippen molar-refractivity contribution < 1.29 is 4.79 Å². The predicted octanol–water partition coefficient (Wildman–Crippen LogP) is 2.52. The summed E-state index contributed by atoms with van der Waals surface area (Å²) in [5.74, 6) is 1.55.